The molecule has 1 aromatic carbocycles. The van der Waals surface area contributed by atoms with Gasteiger partial charge in [-0.25, -0.2) is 15.2 Å². The van der Waals surface area contributed by atoms with Crippen molar-refractivity contribution >= 4 is 29.2 Å². The largest absolute Gasteiger partial charge is 0.443 e. The summed E-state index contributed by atoms with van der Waals surface area (Å²) in [5, 5.41) is 8.65. The van der Waals surface area contributed by atoms with E-state index in [0.29, 0.717) is 16.5 Å². The van der Waals surface area contributed by atoms with E-state index in [2.05, 4.69) is 26.0 Å². The molecule has 2 rings (SSSR count). The summed E-state index contributed by atoms with van der Waals surface area (Å²) >= 11 is 5.87. The minimum atomic E-state index is -0.611. The quantitative estimate of drug-likeness (QED) is 0.504. The summed E-state index contributed by atoms with van der Waals surface area (Å²) < 4.78 is 5.17. The van der Waals surface area contributed by atoms with Crippen molar-refractivity contribution in [1.29, 1.82) is 0 Å². The van der Waals surface area contributed by atoms with E-state index in [-0.39, 0.29) is 6.54 Å². The molecule has 1 aromatic heterocycles. The molecule has 0 fully saturated rings. The van der Waals surface area contributed by atoms with E-state index in [1.807, 2.05) is 0 Å². The molecule has 0 aliphatic rings. The number of hydrogen-bond donors (Lipinski definition) is 2. The minimum Gasteiger partial charge on any atom is -0.443 e. The van der Waals surface area contributed by atoms with Crippen LogP contribution in [0.15, 0.2) is 41.7 Å². The first-order chi connectivity index (χ1) is 11.3. The second-order valence-electron chi connectivity index (χ2n) is 5.85. The van der Waals surface area contributed by atoms with Crippen molar-refractivity contribution in [1.82, 2.24) is 25.8 Å². The first kappa shape index (κ1) is 17.7. The second kappa shape index (κ2) is 7.78. The molecular weight excluding hydrogens is 332 g/mol. The normalized spacial score (nSPS) is 11.9. The molecule has 0 aliphatic heterocycles. The number of carbonyl (C=O) groups is 1. The number of hydrazine groups is 1. The van der Waals surface area contributed by atoms with Gasteiger partial charge in [0.25, 0.3) is 0 Å². The maximum absolute atomic E-state index is 11.8. The van der Waals surface area contributed by atoms with Gasteiger partial charge in [-0.05, 0) is 45.0 Å². The van der Waals surface area contributed by atoms with E-state index in [0.717, 1.165) is 0 Å². The number of carbonyl (C=O) groups excluding carboxylic acids is 1. The van der Waals surface area contributed by atoms with E-state index in [9.17, 15) is 4.79 Å². The van der Waals surface area contributed by atoms with E-state index in [1.165, 1.54) is 4.80 Å². The van der Waals surface area contributed by atoms with Crippen molar-refractivity contribution in [2.75, 3.05) is 0 Å². The molecule has 2 N–H and O–H groups in total. The van der Waals surface area contributed by atoms with Crippen LogP contribution in [0.5, 0.6) is 0 Å². The molecule has 0 saturated carbocycles. The van der Waals surface area contributed by atoms with Crippen molar-refractivity contribution in [3.05, 3.63) is 41.7 Å². The van der Waals surface area contributed by atoms with Gasteiger partial charge >= 0.3 is 6.09 Å². The predicted octanol–water partition coefficient (Wildman–Crippen LogP) is 2.69. The van der Waals surface area contributed by atoms with Gasteiger partial charge in [0.15, 0.2) is 0 Å². The van der Waals surface area contributed by atoms with Crippen molar-refractivity contribution in [3.63, 3.8) is 0 Å². The van der Waals surface area contributed by atoms with Crippen LogP contribution < -0.4 is 10.9 Å². The van der Waals surface area contributed by atoms with Crippen LogP contribution in [-0.4, -0.2) is 32.5 Å². The summed E-state index contributed by atoms with van der Waals surface area (Å²) in [5.74, 6) is 0.430. The maximum Gasteiger partial charge on any atom is 0.426 e. The number of amides is 1. The molecule has 0 bridgehead atoms. The highest BCUT2D eigenvalue weighted by Crippen LogP contribution is 2.16. The summed E-state index contributed by atoms with van der Waals surface area (Å²) in [4.78, 5) is 17.6. The number of ether oxygens (including phenoxy) is 1. The summed E-state index contributed by atoms with van der Waals surface area (Å²) in [6.07, 6.45) is 2.50. The number of hydrogen-bond acceptors (Lipinski definition) is 5. The number of halogens is 1. The molecule has 1 amide bonds. The van der Waals surface area contributed by atoms with Gasteiger partial charge < -0.3 is 4.74 Å². The van der Waals surface area contributed by atoms with Gasteiger partial charge in [-0.2, -0.15) is 15.0 Å². The first-order valence-electron chi connectivity index (χ1n) is 7.24. The highest BCUT2D eigenvalue weighted by Gasteiger charge is 2.16. The fourth-order valence-electron chi connectivity index (χ4n) is 1.66. The third-order valence-electron chi connectivity index (χ3n) is 2.56. The predicted molar refractivity (Wildman–Crippen MR) is 91.1 cm³/mol. The zero-order valence-corrected chi connectivity index (χ0v) is 14.4. The average Bonchev–Trinajstić information content (AvgIpc) is 2.98. The highest BCUT2D eigenvalue weighted by atomic mass is 35.5. The van der Waals surface area contributed by atoms with E-state index >= 15 is 0 Å². The van der Waals surface area contributed by atoms with Crippen LogP contribution in [0.1, 0.15) is 20.8 Å². The van der Waals surface area contributed by atoms with E-state index in [1.54, 1.807) is 57.4 Å². The fraction of sp³-hybridized carbons (Fsp3) is 0.333. The summed E-state index contributed by atoms with van der Waals surface area (Å²) in [7, 11) is 0. The number of aromatic nitrogens is 3. The third kappa shape index (κ3) is 6.25. The molecule has 0 radical (unpaired) electrons. The number of amidine groups is 1. The molecule has 0 unspecified atom stereocenters. The number of rotatable bonds is 3. The SMILES string of the molecule is CC(C)(C)OC(=O)NN/C(Cn1nccn1)=N\c1ccc(Cl)cc1. The second-order valence-corrected chi connectivity index (χ2v) is 6.28. The highest BCUT2D eigenvalue weighted by molar-refractivity contribution is 6.30. The van der Waals surface area contributed by atoms with Gasteiger partial charge in [-0.15, -0.1) is 0 Å². The summed E-state index contributed by atoms with van der Waals surface area (Å²) in [6.45, 7) is 5.58. The molecule has 128 valence electrons. The van der Waals surface area contributed by atoms with Gasteiger partial charge in [0.2, 0.25) is 0 Å². The van der Waals surface area contributed by atoms with Gasteiger partial charge in [0.05, 0.1) is 18.1 Å². The van der Waals surface area contributed by atoms with E-state index in [4.69, 9.17) is 16.3 Å². The van der Waals surface area contributed by atoms with Crippen molar-refractivity contribution in [3.8, 4) is 0 Å². The molecule has 0 atom stereocenters. The van der Waals surface area contributed by atoms with Gasteiger partial charge in [-0.3, -0.25) is 5.43 Å². The van der Waals surface area contributed by atoms with Crippen molar-refractivity contribution < 1.29 is 9.53 Å². The minimum absolute atomic E-state index is 0.241. The Balaban J connectivity index is 2.08. The smallest absolute Gasteiger partial charge is 0.426 e. The molecule has 0 spiro atoms. The number of benzene rings is 1. The number of nitrogens with zero attached hydrogens (tertiary/aromatic N) is 4. The Kier molecular flexibility index (Phi) is 5.75. The van der Waals surface area contributed by atoms with Crippen molar-refractivity contribution in [2.24, 2.45) is 4.99 Å². The van der Waals surface area contributed by atoms with Crippen LogP contribution in [0, 0.1) is 0 Å². The lowest BCUT2D eigenvalue weighted by Gasteiger charge is -2.20. The average molecular weight is 351 g/mol. The maximum atomic E-state index is 11.8. The Hall–Kier alpha value is -2.61. The topological polar surface area (TPSA) is 93.4 Å². The molecule has 2 aromatic rings. The summed E-state index contributed by atoms with van der Waals surface area (Å²) in [6, 6.07) is 6.97. The van der Waals surface area contributed by atoms with Crippen LogP contribution in [-0.2, 0) is 11.3 Å². The van der Waals surface area contributed by atoms with Crippen LogP contribution in [0.3, 0.4) is 0 Å². The zero-order valence-electron chi connectivity index (χ0n) is 13.7. The molecule has 0 aliphatic carbocycles. The number of aliphatic imine (C=N–C) groups is 1. The van der Waals surface area contributed by atoms with Crippen molar-refractivity contribution in [2.45, 2.75) is 32.9 Å². The van der Waals surface area contributed by atoms with Gasteiger partial charge in [-0.1, -0.05) is 11.6 Å². The Morgan fingerprint density at radius 2 is 1.83 bits per heavy atom. The van der Waals surface area contributed by atoms with Crippen LogP contribution in [0.25, 0.3) is 0 Å². The van der Waals surface area contributed by atoms with Gasteiger partial charge in [0, 0.05) is 5.02 Å². The Bertz CT molecular complexity index is 692. The Morgan fingerprint density at radius 3 is 2.42 bits per heavy atom. The molecular formula is C15H19ClN6O2. The number of nitrogens with one attached hydrogen (secondary N) is 2. The van der Waals surface area contributed by atoms with Crippen LogP contribution in [0.4, 0.5) is 10.5 Å². The molecule has 9 heteroatoms. The first-order valence-corrected chi connectivity index (χ1v) is 7.62. The monoisotopic (exact) mass is 350 g/mol. The molecule has 0 saturated heterocycles. The standard InChI is InChI=1S/C15H19ClN6O2/c1-15(2,3)24-14(23)21-20-13(10-22-17-8-9-18-22)19-12-6-4-11(16)5-7-12/h4-9H,10H2,1-3H3,(H,19,20)(H,21,23). The Labute approximate surface area is 144 Å². The molecule has 1 heterocycles. The van der Waals surface area contributed by atoms with E-state index < -0.39 is 11.7 Å². The lowest BCUT2D eigenvalue weighted by atomic mass is 10.2. The fourth-order valence-corrected chi connectivity index (χ4v) is 1.79. The molecule has 24 heavy (non-hydrogen) atoms. The summed E-state index contributed by atoms with van der Waals surface area (Å²) in [5.41, 5.74) is 5.25. The zero-order chi connectivity index (χ0) is 17.6. The van der Waals surface area contributed by atoms with Gasteiger partial charge in [0.1, 0.15) is 18.0 Å². The molecule has 8 nitrogen and oxygen atoms in total. The lowest BCUT2D eigenvalue weighted by molar-refractivity contribution is 0.0512. The lowest BCUT2D eigenvalue weighted by Crippen LogP contribution is -2.45. The van der Waals surface area contributed by atoms with Crippen LogP contribution in [0.2, 0.25) is 5.02 Å². The van der Waals surface area contributed by atoms with Crippen LogP contribution >= 0.6 is 11.6 Å². The Morgan fingerprint density at radius 1 is 1.21 bits per heavy atom. The third-order valence-corrected chi connectivity index (χ3v) is 2.81.